The van der Waals surface area contributed by atoms with Gasteiger partial charge in [0.15, 0.2) is 5.13 Å². The lowest BCUT2D eigenvalue weighted by Gasteiger charge is -2.19. The maximum absolute atomic E-state index is 13.4. The summed E-state index contributed by atoms with van der Waals surface area (Å²) in [5, 5.41) is 0.548. The number of aromatic nitrogens is 2. The number of carbonyl (C=O) groups is 1. The molecule has 30 heavy (non-hydrogen) atoms. The first-order chi connectivity index (χ1) is 14.6. The number of anilines is 1. The van der Waals surface area contributed by atoms with E-state index in [1.807, 2.05) is 42.5 Å². The van der Waals surface area contributed by atoms with Crippen molar-refractivity contribution in [1.29, 1.82) is 0 Å². The van der Waals surface area contributed by atoms with Gasteiger partial charge >= 0.3 is 0 Å². The van der Waals surface area contributed by atoms with E-state index in [1.165, 1.54) is 11.3 Å². The summed E-state index contributed by atoms with van der Waals surface area (Å²) < 4.78 is 12.7. The van der Waals surface area contributed by atoms with Crippen molar-refractivity contribution in [3.05, 3.63) is 76.5 Å². The van der Waals surface area contributed by atoms with E-state index in [1.54, 1.807) is 37.4 Å². The summed E-state index contributed by atoms with van der Waals surface area (Å²) in [7, 11) is 3.21. The third-order valence-corrected chi connectivity index (χ3v) is 6.13. The van der Waals surface area contributed by atoms with E-state index < -0.39 is 0 Å². The highest BCUT2D eigenvalue weighted by atomic mass is 79.9. The van der Waals surface area contributed by atoms with Crippen LogP contribution in [0.1, 0.15) is 16.1 Å². The standard InChI is InChI=1S/C22H18BrN3O3S/c1-28-17-10-11-18(29-2)20-19(17)25-22(30-20)26(13-16-5-3-4-12-24-16)21(27)14-6-8-15(23)9-7-14/h3-12H,13H2,1-2H3. The van der Waals surface area contributed by atoms with Crippen LogP contribution in [-0.4, -0.2) is 30.1 Å². The molecule has 4 aromatic rings. The zero-order valence-corrected chi connectivity index (χ0v) is 18.7. The molecule has 4 rings (SSSR count). The van der Waals surface area contributed by atoms with E-state index in [-0.39, 0.29) is 5.91 Å². The zero-order chi connectivity index (χ0) is 21.1. The average molecular weight is 484 g/mol. The molecule has 2 aromatic heterocycles. The van der Waals surface area contributed by atoms with Gasteiger partial charge < -0.3 is 9.47 Å². The van der Waals surface area contributed by atoms with E-state index in [4.69, 9.17) is 14.5 Å². The monoisotopic (exact) mass is 483 g/mol. The number of pyridine rings is 1. The molecular weight excluding hydrogens is 466 g/mol. The molecule has 2 aromatic carbocycles. The molecule has 0 aliphatic rings. The number of methoxy groups -OCH3 is 2. The number of fused-ring (bicyclic) bond motifs is 1. The molecule has 0 bridgehead atoms. The Labute approximate surface area is 186 Å². The van der Waals surface area contributed by atoms with Crippen molar-refractivity contribution in [2.75, 3.05) is 19.1 Å². The van der Waals surface area contributed by atoms with Gasteiger partial charge in [0.2, 0.25) is 0 Å². The highest BCUT2D eigenvalue weighted by molar-refractivity contribution is 9.10. The number of carbonyl (C=O) groups excluding carboxylic acids is 1. The smallest absolute Gasteiger partial charge is 0.260 e. The van der Waals surface area contributed by atoms with Crippen LogP contribution in [0, 0.1) is 0 Å². The molecule has 0 aliphatic heterocycles. The zero-order valence-electron chi connectivity index (χ0n) is 16.3. The second-order valence-electron chi connectivity index (χ2n) is 6.36. The molecule has 0 spiro atoms. The molecule has 6 nitrogen and oxygen atoms in total. The van der Waals surface area contributed by atoms with Gasteiger partial charge in [-0.25, -0.2) is 4.98 Å². The Kier molecular flexibility index (Phi) is 5.96. The summed E-state index contributed by atoms with van der Waals surface area (Å²) in [5.41, 5.74) is 1.99. The molecule has 0 radical (unpaired) electrons. The Hall–Kier alpha value is -2.97. The van der Waals surface area contributed by atoms with Crippen molar-refractivity contribution in [1.82, 2.24) is 9.97 Å². The third-order valence-electron chi connectivity index (χ3n) is 4.51. The van der Waals surface area contributed by atoms with Crippen LogP contribution in [0.4, 0.5) is 5.13 Å². The van der Waals surface area contributed by atoms with E-state index >= 15 is 0 Å². The van der Waals surface area contributed by atoms with Crippen LogP contribution in [0.3, 0.4) is 0 Å². The van der Waals surface area contributed by atoms with E-state index in [9.17, 15) is 4.79 Å². The van der Waals surface area contributed by atoms with Crippen molar-refractivity contribution >= 4 is 48.5 Å². The number of halogens is 1. The molecular formula is C22H18BrN3O3S. The quantitative estimate of drug-likeness (QED) is 0.371. The summed E-state index contributed by atoms with van der Waals surface area (Å²) in [6.45, 7) is 0.292. The molecule has 152 valence electrons. The van der Waals surface area contributed by atoms with Crippen LogP contribution in [0.2, 0.25) is 0 Å². The first-order valence-corrected chi connectivity index (χ1v) is 10.7. The van der Waals surface area contributed by atoms with Crippen LogP contribution < -0.4 is 14.4 Å². The lowest BCUT2D eigenvalue weighted by atomic mass is 10.2. The van der Waals surface area contributed by atoms with Crippen molar-refractivity contribution in [3.63, 3.8) is 0 Å². The summed E-state index contributed by atoms with van der Waals surface area (Å²) in [6.07, 6.45) is 1.71. The first kappa shape index (κ1) is 20.3. The maximum atomic E-state index is 13.4. The molecule has 0 fully saturated rings. The van der Waals surface area contributed by atoms with Crippen molar-refractivity contribution in [3.8, 4) is 11.5 Å². The minimum atomic E-state index is -0.162. The normalized spacial score (nSPS) is 10.8. The minimum Gasteiger partial charge on any atom is -0.495 e. The number of hydrogen-bond acceptors (Lipinski definition) is 6. The fourth-order valence-corrected chi connectivity index (χ4v) is 4.35. The van der Waals surface area contributed by atoms with E-state index in [2.05, 4.69) is 20.9 Å². The molecule has 0 aliphatic carbocycles. The highest BCUT2D eigenvalue weighted by Gasteiger charge is 2.24. The summed E-state index contributed by atoms with van der Waals surface area (Å²) in [6, 6.07) is 16.5. The van der Waals surface area contributed by atoms with Gasteiger partial charge in [0.1, 0.15) is 21.7 Å². The lowest BCUT2D eigenvalue weighted by molar-refractivity contribution is 0.0985. The fraction of sp³-hybridized carbons (Fsp3) is 0.136. The molecule has 0 saturated carbocycles. The van der Waals surface area contributed by atoms with Gasteiger partial charge in [0, 0.05) is 16.2 Å². The van der Waals surface area contributed by atoms with Gasteiger partial charge in [-0.15, -0.1) is 0 Å². The van der Waals surface area contributed by atoms with Crippen molar-refractivity contribution in [2.24, 2.45) is 0 Å². The lowest BCUT2D eigenvalue weighted by Crippen LogP contribution is -2.30. The maximum Gasteiger partial charge on any atom is 0.260 e. The number of ether oxygens (including phenoxy) is 2. The number of amides is 1. The fourth-order valence-electron chi connectivity index (χ4n) is 3.02. The van der Waals surface area contributed by atoms with Gasteiger partial charge in [0.05, 0.1) is 26.5 Å². The minimum absolute atomic E-state index is 0.162. The average Bonchev–Trinajstić information content (AvgIpc) is 3.23. The van der Waals surface area contributed by atoms with Gasteiger partial charge in [-0.05, 0) is 48.5 Å². The van der Waals surface area contributed by atoms with Crippen LogP contribution in [-0.2, 0) is 6.54 Å². The molecule has 0 atom stereocenters. The Balaban J connectivity index is 1.82. The van der Waals surface area contributed by atoms with Crippen LogP contribution in [0.15, 0.2) is 65.3 Å². The Morgan fingerprint density at radius 1 is 1.03 bits per heavy atom. The Morgan fingerprint density at radius 2 is 1.77 bits per heavy atom. The first-order valence-electron chi connectivity index (χ1n) is 9.09. The molecule has 0 saturated heterocycles. The Bertz CT molecular complexity index is 1140. The predicted molar refractivity (Wildman–Crippen MR) is 122 cm³/mol. The van der Waals surface area contributed by atoms with Crippen molar-refractivity contribution < 1.29 is 14.3 Å². The van der Waals surface area contributed by atoms with Gasteiger partial charge in [-0.3, -0.25) is 14.7 Å². The van der Waals surface area contributed by atoms with Gasteiger partial charge in [0.25, 0.3) is 5.91 Å². The second kappa shape index (κ2) is 8.81. The third kappa shape index (κ3) is 4.01. The largest absolute Gasteiger partial charge is 0.495 e. The number of rotatable bonds is 6. The molecule has 0 N–H and O–H groups in total. The summed E-state index contributed by atoms with van der Waals surface area (Å²) in [4.78, 5) is 24.2. The molecule has 1 amide bonds. The van der Waals surface area contributed by atoms with E-state index in [0.717, 1.165) is 14.9 Å². The van der Waals surface area contributed by atoms with E-state index in [0.29, 0.717) is 34.3 Å². The molecule has 0 unspecified atom stereocenters. The van der Waals surface area contributed by atoms with Gasteiger partial charge in [-0.1, -0.05) is 33.3 Å². The van der Waals surface area contributed by atoms with Crippen molar-refractivity contribution in [2.45, 2.75) is 6.54 Å². The topological polar surface area (TPSA) is 64.6 Å². The number of benzene rings is 2. The molecule has 2 heterocycles. The number of nitrogens with zero attached hydrogens (tertiary/aromatic N) is 3. The SMILES string of the molecule is COc1ccc(OC)c2sc(N(Cc3ccccn3)C(=O)c3ccc(Br)cc3)nc12. The summed E-state index contributed by atoms with van der Waals surface area (Å²) in [5.74, 6) is 1.15. The predicted octanol–water partition coefficient (Wildman–Crippen LogP) is 5.32. The number of thiazole rings is 1. The highest BCUT2D eigenvalue weighted by Crippen LogP contribution is 2.40. The number of hydrogen-bond donors (Lipinski definition) is 0. The van der Waals surface area contributed by atoms with Crippen LogP contribution in [0.25, 0.3) is 10.2 Å². The second-order valence-corrected chi connectivity index (χ2v) is 8.26. The van der Waals surface area contributed by atoms with Crippen LogP contribution in [0.5, 0.6) is 11.5 Å². The van der Waals surface area contributed by atoms with Crippen LogP contribution >= 0.6 is 27.3 Å². The molecule has 8 heteroatoms. The summed E-state index contributed by atoms with van der Waals surface area (Å²) >= 11 is 4.80. The van der Waals surface area contributed by atoms with Gasteiger partial charge in [-0.2, -0.15) is 0 Å². The Morgan fingerprint density at radius 3 is 2.43 bits per heavy atom.